The van der Waals surface area contributed by atoms with Gasteiger partial charge in [-0.3, -0.25) is 4.99 Å². The molecular weight excluding hydrogens is 308 g/mol. The lowest BCUT2D eigenvalue weighted by molar-refractivity contribution is 0.411. The van der Waals surface area contributed by atoms with Crippen molar-refractivity contribution >= 4 is 17.3 Å². The van der Waals surface area contributed by atoms with E-state index in [1.807, 2.05) is 20.0 Å². The van der Waals surface area contributed by atoms with Gasteiger partial charge in [0.2, 0.25) is 0 Å². The molecule has 2 aromatic rings. The Morgan fingerprint density at radius 2 is 2.13 bits per heavy atom. The monoisotopic (exact) mass is 332 g/mol. The lowest BCUT2D eigenvalue weighted by atomic mass is 10.1. The van der Waals surface area contributed by atoms with Gasteiger partial charge in [-0.2, -0.15) is 0 Å². The summed E-state index contributed by atoms with van der Waals surface area (Å²) in [5.74, 6) is 1.74. The number of nitrogens with one attached hydrogen (secondary N) is 2. The van der Waals surface area contributed by atoms with Gasteiger partial charge in [-0.15, -0.1) is 11.3 Å². The highest BCUT2D eigenvalue weighted by molar-refractivity contribution is 7.11. The predicted octanol–water partition coefficient (Wildman–Crippen LogP) is 2.68. The number of thiazole rings is 1. The van der Waals surface area contributed by atoms with E-state index in [-0.39, 0.29) is 0 Å². The summed E-state index contributed by atoms with van der Waals surface area (Å²) in [7, 11) is 3.49. The van der Waals surface area contributed by atoms with E-state index in [1.165, 1.54) is 10.4 Å². The third kappa shape index (κ3) is 5.25. The van der Waals surface area contributed by atoms with Crippen LogP contribution in [0.3, 0.4) is 0 Å². The molecule has 2 N–H and O–H groups in total. The van der Waals surface area contributed by atoms with Crippen LogP contribution in [-0.4, -0.2) is 31.6 Å². The van der Waals surface area contributed by atoms with Gasteiger partial charge in [-0.25, -0.2) is 4.98 Å². The van der Waals surface area contributed by atoms with Gasteiger partial charge in [0.15, 0.2) is 5.96 Å². The van der Waals surface area contributed by atoms with Crippen LogP contribution in [-0.2, 0) is 13.0 Å². The van der Waals surface area contributed by atoms with E-state index in [1.54, 1.807) is 25.5 Å². The van der Waals surface area contributed by atoms with E-state index in [9.17, 15) is 0 Å². The van der Waals surface area contributed by atoms with Gasteiger partial charge in [0.05, 0.1) is 18.7 Å². The molecule has 1 aromatic heterocycles. The van der Waals surface area contributed by atoms with Crippen LogP contribution in [0.15, 0.2) is 29.4 Å². The Kier molecular flexibility index (Phi) is 6.40. The summed E-state index contributed by atoms with van der Waals surface area (Å²) in [5.41, 5.74) is 2.40. The Balaban J connectivity index is 1.79. The molecule has 124 valence electrons. The zero-order chi connectivity index (χ0) is 16.7. The summed E-state index contributed by atoms with van der Waals surface area (Å²) in [6, 6.07) is 6.32. The highest BCUT2D eigenvalue weighted by Crippen LogP contribution is 2.19. The first-order valence-electron chi connectivity index (χ1n) is 7.61. The molecule has 2 rings (SSSR count). The molecule has 23 heavy (non-hydrogen) atoms. The lowest BCUT2D eigenvalue weighted by Crippen LogP contribution is -2.37. The first kappa shape index (κ1) is 17.3. The smallest absolute Gasteiger partial charge is 0.191 e. The van der Waals surface area contributed by atoms with Crippen molar-refractivity contribution in [3.63, 3.8) is 0 Å². The zero-order valence-corrected chi connectivity index (χ0v) is 15.0. The number of guanidine groups is 1. The van der Waals surface area contributed by atoms with Gasteiger partial charge in [0, 0.05) is 24.7 Å². The predicted molar refractivity (Wildman–Crippen MR) is 96.5 cm³/mol. The van der Waals surface area contributed by atoms with Crippen molar-refractivity contribution < 1.29 is 4.74 Å². The highest BCUT2D eigenvalue weighted by atomic mass is 32.1. The topological polar surface area (TPSA) is 58.5 Å². The quantitative estimate of drug-likeness (QED) is 0.631. The normalized spacial score (nSPS) is 11.4. The van der Waals surface area contributed by atoms with Crippen molar-refractivity contribution in [2.45, 2.75) is 26.8 Å². The number of rotatable bonds is 6. The number of hydrogen-bond acceptors (Lipinski definition) is 4. The minimum atomic E-state index is 0.740. The second-order valence-electron chi connectivity index (χ2n) is 5.25. The van der Waals surface area contributed by atoms with Crippen LogP contribution in [0.5, 0.6) is 5.75 Å². The molecule has 0 fully saturated rings. The SMILES string of the molecule is CN=C(NCCc1ccc(C)c(OC)c1)NCc1cnc(C)s1. The largest absolute Gasteiger partial charge is 0.496 e. The van der Waals surface area contributed by atoms with Crippen LogP contribution >= 0.6 is 11.3 Å². The molecule has 6 heteroatoms. The summed E-state index contributed by atoms with van der Waals surface area (Å²) in [6.45, 7) is 5.61. The van der Waals surface area contributed by atoms with Crippen LogP contribution in [0.25, 0.3) is 0 Å². The number of aliphatic imine (C=N–C) groups is 1. The number of ether oxygens (including phenoxy) is 1. The maximum Gasteiger partial charge on any atom is 0.191 e. The highest BCUT2D eigenvalue weighted by Gasteiger charge is 2.03. The third-order valence-corrected chi connectivity index (χ3v) is 4.41. The number of hydrogen-bond donors (Lipinski definition) is 2. The first-order chi connectivity index (χ1) is 11.1. The molecule has 0 saturated carbocycles. The van der Waals surface area contributed by atoms with Crippen molar-refractivity contribution in [2.24, 2.45) is 4.99 Å². The Bertz CT molecular complexity index is 666. The number of aromatic nitrogens is 1. The zero-order valence-electron chi connectivity index (χ0n) is 14.1. The van der Waals surface area contributed by atoms with E-state index in [2.05, 4.69) is 38.8 Å². The molecular formula is C17H24N4OS. The molecule has 1 aromatic carbocycles. The van der Waals surface area contributed by atoms with E-state index >= 15 is 0 Å². The van der Waals surface area contributed by atoms with Crippen molar-refractivity contribution in [3.8, 4) is 5.75 Å². The molecule has 0 aliphatic heterocycles. The first-order valence-corrected chi connectivity index (χ1v) is 8.43. The fourth-order valence-corrected chi connectivity index (χ4v) is 2.96. The maximum atomic E-state index is 5.36. The summed E-state index contributed by atoms with van der Waals surface area (Å²) in [5, 5.41) is 7.71. The van der Waals surface area contributed by atoms with Crippen LogP contribution in [0.1, 0.15) is 21.0 Å². The number of methoxy groups -OCH3 is 1. The minimum Gasteiger partial charge on any atom is -0.496 e. The number of nitrogens with zero attached hydrogens (tertiary/aromatic N) is 2. The van der Waals surface area contributed by atoms with Gasteiger partial charge >= 0.3 is 0 Å². The van der Waals surface area contributed by atoms with Gasteiger partial charge in [-0.1, -0.05) is 12.1 Å². The fourth-order valence-electron chi connectivity index (χ4n) is 2.22. The molecule has 0 saturated heterocycles. The van der Waals surface area contributed by atoms with Gasteiger partial charge in [-0.05, 0) is 37.5 Å². The fraction of sp³-hybridized carbons (Fsp3) is 0.412. The molecule has 0 spiro atoms. The van der Waals surface area contributed by atoms with Gasteiger partial charge < -0.3 is 15.4 Å². The Labute approximate surface area is 141 Å². The van der Waals surface area contributed by atoms with Crippen LogP contribution in [0.2, 0.25) is 0 Å². The molecule has 0 atom stereocenters. The molecule has 0 bridgehead atoms. The standard InChI is InChI=1S/C17H24N4OS/c1-12-5-6-14(9-16(12)22-4)7-8-19-17(18-3)21-11-15-10-20-13(2)23-15/h5-6,9-10H,7-8,11H2,1-4H3,(H2,18,19,21). The summed E-state index contributed by atoms with van der Waals surface area (Å²) < 4.78 is 5.36. The van der Waals surface area contributed by atoms with Crippen LogP contribution in [0, 0.1) is 13.8 Å². The number of benzene rings is 1. The third-order valence-electron chi connectivity index (χ3n) is 3.50. The van der Waals surface area contributed by atoms with Crippen LogP contribution < -0.4 is 15.4 Å². The average Bonchev–Trinajstić information content (AvgIpc) is 2.97. The molecule has 0 radical (unpaired) electrons. The molecule has 0 aliphatic rings. The maximum absolute atomic E-state index is 5.36. The van der Waals surface area contributed by atoms with E-state index in [0.717, 1.165) is 41.8 Å². The summed E-state index contributed by atoms with van der Waals surface area (Å²) >= 11 is 1.70. The second-order valence-corrected chi connectivity index (χ2v) is 6.57. The molecule has 1 heterocycles. The average molecular weight is 332 g/mol. The van der Waals surface area contributed by atoms with E-state index in [0.29, 0.717) is 0 Å². The van der Waals surface area contributed by atoms with E-state index in [4.69, 9.17) is 4.74 Å². The molecule has 0 aliphatic carbocycles. The number of aryl methyl sites for hydroxylation is 2. The molecule has 0 unspecified atom stereocenters. The minimum absolute atomic E-state index is 0.740. The molecule has 0 amide bonds. The van der Waals surface area contributed by atoms with Crippen molar-refractivity contribution in [2.75, 3.05) is 20.7 Å². The Morgan fingerprint density at radius 1 is 1.30 bits per heavy atom. The lowest BCUT2D eigenvalue weighted by Gasteiger charge is -2.12. The summed E-state index contributed by atoms with van der Waals surface area (Å²) in [6.07, 6.45) is 2.82. The van der Waals surface area contributed by atoms with Crippen molar-refractivity contribution in [3.05, 3.63) is 45.4 Å². The second kappa shape index (κ2) is 8.53. The van der Waals surface area contributed by atoms with Crippen molar-refractivity contribution in [1.29, 1.82) is 0 Å². The van der Waals surface area contributed by atoms with Gasteiger partial charge in [0.1, 0.15) is 5.75 Å². The van der Waals surface area contributed by atoms with Crippen molar-refractivity contribution in [1.82, 2.24) is 15.6 Å². The van der Waals surface area contributed by atoms with E-state index < -0.39 is 0 Å². The Hall–Kier alpha value is -2.08. The Morgan fingerprint density at radius 3 is 2.78 bits per heavy atom. The summed E-state index contributed by atoms with van der Waals surface area (Å²) in [4.78, 5) is 9.70. The van der Waals surface area contributed by atoms with Gasteiger partial charge in [0.25, 0.3) is 0 Å². The molecule has 5 nitrogen and oxygen atoms in total. The van der Waals surface area contributed by atoms with Crippen LogP contribution in [0.4, 0.5) is 0 Å².